The smallest absolute Gasteiger partial charge is 0.0763 e. The van der Waals surface area contributed by atoms with Crippen molar-refractivity contribution in [3.8, 4) is 0 Å². The highest BCUT2D eigenvalue weighted by molar-refractivity contribution is 5.26. The van der Waals surface area contributed by atoms with Gasteiger partial charge in [-0.1, -0.05) is 13.0 Å². The Morgan fingerprint density at radius 1 is 1.47 bits per heavy atom. The first-order valence-corrected chi connectivity index (χ1v) is 5.86. The SMILES string of the molecule is CCNC(c1cccnc1)c1cc(C)nn1C. The summed E-state index contributed by atoms with van der Waals surface area (Å²) in [7, 11) is 1.98. The molecule has 2 aromatic rings. The molecule has 0 amide bonds. The van der Waals surface area contributed by atoms with Crippen molar-refractivity contribution in [3.63, 3.8) is 0 Å². The lowest BCUT2D eigenvalue weighted by Gasteiger charge is -2.18. The minimum absolute atomic E-state index is 0.153. The maximum atomic E-state index is 4.40. The number of hydrogen-bond donors (Lipinski definition) is 1. The van der Waals surface area contributed by atoms with Crippen LogP contribution in [0.2, 0.25) is 0 Å². The van der Waals surface area contributed by atoms with Gasteiger partial charge < -0.3 is 5.32 Å². The first-order valence-electron chi connectivity index (χ1n) is 5.86. The second kappa shape index (κ2) is 5.10. The third-order valence-electron chi connectivity index (χ3n) is 2.76. The summed E-state index contributed by atoms with van der Waals surface area (Å²) in [4.78, 5) is 4.18. The fraction of sp³-hybridized carbons (Fsp3) is 0.385. The molecule has 0 fully saturated rings. The standard InChI is InChI=1S/C13H18N4/c1-4-15-13(11-6-5-7-14-9-11)12-8-10(2)16-17(12)3/h5-9,13,15H,4H2,1-3H3. The van der Waals surface area contributed by atoms with Gasteiger partial charge in [0.2, 0.25) is 0 Å². The first-order chi connectivity index (χ1) is 8.22. The molecular weight excluding hydrogens is 212 g/mol. The van der Waals surface area contributed by atoms with Crippen molar-refractivity contribution in [1.29, 1.82) is 0 Å². The number of aryl methyl sites for hydroxylation is 2. The number of rotatable bonds is 4. The van der Waals surface area contributed by atoms with Crippen LogP contribution in [-0.4, -0.2) is 21.3 Å². The van der Waals surface area contributed by atoms with Gasteiger partial charge in [-0.3, -0.25) is 9.67 Å². The van der Waals surface area contributed by atoms with Gasteiger partial charge in [-0.05, 0) is 31.2 Å². The zero-order valence-corrected chi connectivity index (χ0v) is 10.5. The molecule has 1 N–H and O–H groups in total. The van der Waals surface area contributed by atoms with Crippen molar-refractivity contribution in [2.24, 2.45) is 7.05 Å². The number of pyridine rings is 1. The highest BCUT2D eigenvalue weighted by Crippen LogP contribution is 2.21. The molecule has 0 bridgehead atoms. The van der Waals surface area contributed by atoms with Gasteiger partial charge in [-0.2, -0.15) is 5.10 Å². The molecular formula is C13H18N4. The zero-order valence-electron chi connectivity index (χ0n) is 10.5. The summed E-state index contributed by atoms with van der Waals surface area (Å²) in [5, 5.41) is 7.86. The van der Waals surface area contributed by atoms with Crippen LogP contribution in [0.15, 0.2) is 30.6 Å². The van der Waals surface area contributed by atoms with Crippen molar-refractivity contribution in [1.82, 2.24) is 20.1 Å². The summed E-state index contributed by atoms with van der Waals surface area (Å²) in [5.74, 6) is 0. The van der Waals surface area contributed by atoms with E-state index in [2.05, 4.69) is 34.5 Å². The molecule has 0 spiro atoms. The lowest BCUT2D eigenvalue weighted by molar-refractivity contribution is 0.570. The van der Waals surface area contributed by atoms with Gasteiger partial charge in [0.15, 0.2) is 0 Å². The molecule has 0 saturated heterocycles. The van der Waals surface area contributed by atoms with Crippen LogP contribution < -0.4 is 5.32 Å². The van der Waals surface area contributed by atoms with E-state index >= 15 is 0 Å². The molecule has 2 aromatic heterocycles. The monoisotopic (exact) mass is 230 g/mol. The van der Waals surface area contributed by atoms with Crippen LogP contribution in [0, 0.1) is 6.92 Å². The fourth-order valence-corrected chi connectivity index (χ4v) is 2.04. The molecule has 90 valence electrons. The molecule has 2 heterocycles. The van der Waals surface area contributed by atoms with Crippen LogP contribution in [0.5, 0.6) is 0 Å². The van der Waals surface area contributed by atoms with Gasteiger partial charge in [0.1, 0.15) is 0 Å². The third-order valence-corrected chi connectivity index (χ3v) is 2.76. The predicted octanol–water partition coefficient (Wildman–Crippen LogP) is 1.82. The van der Waals surface area contributed by atoms with Gasteiger partial charge in [0.05, 0.1) is 17.4 Å². The predicted molar refractivity (Wildman–Crippen MR) is 67.7 cm³/mol. The van der Waals surface area contributed by atoms with Crippen LogP contribution in [0.25, 0.3) is 0 Å². The molecule has 1 atom stereocenters. The lowest BCUT2D eigenvalue weighted by Crippen LogP contribution is -2.24. The summed E-state index contributed by atoms with van der Waals surface area (Å²) in [6.45, 7) is 5.02. The topological polar surface area (TPSA) is 42.7 Å². The van der Waals surface area contributed by atoms with Crippen LogP contribution >= 0.6 is 0 Å². The lowest BCUT2D eigenvalue weighted by atomic mass is 10.1. The van der Waals surface area contributed by atoms with Crippen molar-refractivity contribution in [3.05, 3.63) is 47.5 Å². The highest BCUT2D eigenvalue weighted by atomic mass is 15.3. The molecule has 0 aliphatic rings. The van der Waals surface area contributed by atoms with E-state index in [4.69, 9.17) is 0 Å². The molecule has 0 aromatic carbocycles. The van der Waals surface area contributed by atoms with Crippen LogP contribution in [0.3, 0.4) is 0 Å². The molecule has 2 rings (SSSR count). The van der Waals surface area contributed by atoms with E-state index < -0.39 is 0 Å². The quantitative estimate of drug-likeness (QED) is 0.871. The van der Waals surface area contributed by atoms with Crippen molar-refractivity contribution in [2.75, 3.05) is 6.54 Å². The summed E-state index contributed by atoms with van der Waals surface area (Å²) >= 11 is 0. The number of aromatic nitrogens is 3. The average molecular weight is 230 g/mol. The summed E-state index contributed by atoms with van der Waals surface area (Å²) < 4.78 is 1.93. The van der Waals surface area contributed by atoms with Gasteiger partial charge in [-0.15, -0.1) is 0 Å². The Morgan fingerprint density at radius 2 is 2.29 bits per heavy atom. The van der Waals surface area contributed by atoms with Crippen molar-refractivity contribution < 1.29 is 0 Å². The summed E-state index contributed by atoms with van der Waals surface area (Å²) in [6, 6.07) is 6.31. The molecule has 0 radical (unpaired) electrons. The van der Waals surface area contributed by atoms with E-state index in [1.807, 2.05) is 30.9 Å². The van der Waals surface area contributed by atoms with Gasteiger partial charge >= 0.3 is 0 Å². The second-order valence-corrected chi connectivity index (χ2v) is 4.11. The van der Waals surface area contributed by atoms with E-state index in [-0.39, 0.29) is 6.04 Å². The van der Waals surface area contributed by atoms with Crippen LogP contribution in [-0.2, 0) is 7.05 Å². The maximum absolute atomic E-state index is 4.40. The Hall–Kier alpha value is -1.68. The summed E-state index contributed by atoms with van der Waals surface area (Å²) in [6.07, 6.45) is 3.69. The van der Waals surface area contributed by atoms with Crippen molar-refractivity contribution >= 4 is 0 Å². The van der Waals surface area contributed by atoms with Gasteiger partial charge in [0.25, 0.3) is 0 Å². The maximum Gasteiger partial charge on any atom is 0.0763 e. The molecule has 0 aliphatic heterocycles. The van der Waals surface area contributed by atoms with Crippen LogP contribution in [0.1, 0.15) is 29.9 Å². The number of nitrogens with zero attached hydrogens (tertiary/aromatic N) is 3. The first kappa shape index (κ1) is 11.8. The van der Waals surface area contributed by atoms with Crippen LogP contribution in [0.4, 0.5) is 0 Å². The average Bonchev–Trinajstić information content (AvgIpc) is 2.66. The van der Waals surface area contributed by atoms with Crippen molar-refractivity contribution in [2.45, 2.75) is 19.9 Å². The minimum Gasteiger partial charge on any atom is -0.305 e. The molecule has 0 aliphatic carbocycles. The summed E-state index contributed by atoms with van der Waals surface area (Å²) in [5.41, 5.74) is 3.36. The van der Waals surface area contributed by atoms with E-state index in [1.54, 1.807) is 6.20 Å². The molecule has 4 heteroatoms. The van der Waals surface area contributed by atoms with E-state index in [9.17, 15) is 0 Å². The van der Waals surface area contributed by atoms with Gasteiger partial charge in [-0.25, -0.2) is 0 Å². The van der Waals surface area contributed by atoms with E-state index in [0.717, 1.165) is 23.5 Å². The van der Waals surface area contributed by atoms with Gasteiger partial charge in [0, 0.05) is 19.4 Å². The Kier molecular flexibility index (Phi) is 3.54. The minimum atomic E-state index is 0.153. The molecule has 0 saturated carbocycles. The van der Waals surface area contributed by atoms with E-state index in [0.29, 0.717) is 0 Å². The molecule has 17 heavy (non-hydrogen) atoms. The Labute approximate surface area is 102 Å². The fourth-order valence-electron chi connectivity index (χ4n) is 2.04. The molecule has 4 nitrogen and oxygen atoms in total. The highest BCUT2D eigenvalue weighted by Gasteiger charge is 2.17. The second-order valence-electron chi connectivity index (χ2n) is 4.11. The number of hydrogen-bond acceptors (Lipinski definition) is 3. The Bertz CT molecular complexity index is 475. The molecule has 1 unspecified atom stereocenters. The van der Waals surface area contributed by atoms with E-state index in [1.165, 1.54) is 0 Å². The Morgan fingerprint density at radius 3 is 2.82 bits per heavy atom. The third kappa shape index (κ3) is 2.53. The zero-order chi connectivity index (χ0) is 12.3. The number of nitrogens with one attached hydrogen (secondary N) is 1. The normalized spacial score (nSPS) is 12.6. The largest absolute Gasteiger partial charge is 0.305 e. The Balaban J connectivity index is 2.39.